The molecule has 2 aromatic carbocycles. The maximum Gasteiger partial charge on any atom is 0.424 e. The molecule has 0 radical (unpaired) electrons. The molecular formula is C42H45N5O11. The predicted molar refractivity (Wildman–Crippen MR) is 204 cm³/mol. The molecule has 2 unspecified atom stereocenters. The van der Waals surface area contributed by atoms with Crippen molar-refractivity contribution in [1.82, 2.24) is 19.6 Å². The Balaban J connectivity index is 1.05. The normalized spacial score (nSPS) is 19.5. The molecule has 2 saturated heterocycles. The maximum absolute atomic E-state index is 13.5. The minimum absolute atomic E-state index is 0.0147. The Morgan fingerprint density at radius 2 is 1.19 bits per heavy atom. The average molecular weight is 796 g/mol. The fourth-order valence-electron chi connectivity index (χ4n) is 7.27. The Hall–Kier alpha value is -6.37. The zero-order valence-electron chi connectivity index (χ0n) is 33.3. The number of ether oxygens (including phenoxy) is 2. The monoisotopic (exact) mass is 795 g/mol. The van der Waals surface area contributed by atoms with Gasteiger partial charge in [-0.3, -0.25) is 33.6 Å². The van der Waals surface area contributed by atoms with E-state index in [4.69, 9.17) is 9.47 Å². The molecule has 4 heterocycles. The van der Waals surface area contributed by atoms with Crippen molar-refractivity contribution in [2.45, 2.75) is 123 Å². The number of hydrogen-bond acceptors (Lipinski definition) is 11. The first kappa shape index (κ1) is 41.3. The van der Waals surface area contributed by atoms with E-state index < -0.39 is 70.9 Å². The highest BCUT2D eigenvalue weighted by atomic mass is 16.6. The first-order chi connectivity index (χ1) is 27.3. The molecular weight excluding hydrogens is 750 g/mol. The lowest BCUT2D eigenvalue weighted by Gasteiger charge is -2.35. The highest BCUT2D eigenvalue weighted by Crippen LogP contribution is 2.35. The summed E-state index contributed by atoms with van der Waals surface area (Å²) in [5.74, 6) is 1.90. The van der Waals surface area contributed by atoms with Crippen LogP contribution in [0.4, 0.5) is 15.3 Å². The summed E-state index contributed by atoms with van der Waals surface area (Å²) in [4.78, 5) is 121. The first-order valence-electron chi connectivity index (χ1n) is 19.1. The van der Waals surface area contributed by atoms with Crippen LogP contribution in [0.5, 0.6) is 0 Å². The van der Waals surface area contributed by atoms with Gasteiger partial charge in [-0.1, -0.05) is 24.0 Å². The van der Waals surface area contributed by atoms with E-state index in [1.54, 1.807) is 77.9 Å². The third kappa shape index (κ3) is 8.48. The summed E-state index contributed by atoms with van der Waals surface area (Å²) in [6.45, 7) is 9.73. The molecule has 2 aromatic rings. The van der Waals surface area contributed by atoms with Crippen molar-refractivity contribution in [3.05, 3.63) is 64.2 Å². The lowest BCUT2D eigenvalue weighted by molar-refractivity contribution is -0.152. The number of benzene rings is 2. The first-order valence-corrected chi connectivity index (χ1v) is 19.1. The summed E-state index contributed by atoms with van der Waals surface area (Å²) in [6.07, 6.45) is -1.49. The van der Waals surface area contributed by atoms with Gasteiger partial charge in [0.05, 0.1) is 0 Å². The van der Waals surface area contributed by atoms with Crippen molar-refractivity contribution in [2.24, 2.45) is 0 Å². The Morgan fingerprint density at radius 1 is 0.707 bits per heavy atom. The lowest BCUT2D eigenvalue weighted by Crippen LogP contribution is -2.57. The van der Waals surface area contributed by atoms with Gasteiger partial charge in [0.15, 0.2) is 0 Å². The number of carbonyl (C=O) groups excluding carboxylic acids is 9. The van der Waals surface area contributed by atoms with Crippen LogP contribution in [0.2, 0.25) is 0 Å². The second kappa shape index (κ2) is 15.9. The largest absolute Gasteiger partial charge is 0.443 e. The van der Waals surface area contributed by atoms with Gasteiger partial charge in [-0.05, 0) is 90.6 Å². The highest BCUT2D eigenvalue weighted by molar-refractivity contribution is 6.15. The second-order valence-corrected chi connectivity index (χ2v) is 16.4. The number of nitrogens with one attached hydrogen (secondary N) is 1. The van der Waals surface area contributed by atoms with Crippen LogP contribution in [0.15, 0.2) is 36.4 Å². The number of piperidine rings is 2. The minimum Gasteiger partial charge on any atom is -0.443 e. The molecule has 4 aliphatic rings. The SMILES string of the molecule is CC(C)(C)OC(=O)N1C(=O)CCC(N2Cc3c(C#CCCCC(=O)Nc4cccc5c4CN(C4CCC(=O)N(C(=O)OC(C)(C)C)C4=O)C5=O)cccc3C2=O)C1=O. The minimum atomic E-state index is -1.09. The molecule has 16 nitrogen and oxygen atoms in total. The van der Waals surface area contributed by atoms with Gasteiger partial charge in [0.2, 0.25) is 17.7 Å². The summed E-state index contributed by atoms with van der Waals surface area (Å²) < 4.78 is 10.5. The summed E-state index contributed by atoms with van der Waals surface area (Å²) >= 11 is 0. The van der Waals surface area contributed by atoms with Crippen molar-refractivity contribution < 1.29 is 52.6 Å². The molecule has 0 spiro atoms. The van der Waals surface area contributed by atoms with Crippen LogP contribution in [-0.2, 0) is 46.5 Å². The van der Waals surface area contributed by atoms with Crippen LogP contribution in [0.25, 0.3) is 0 Å². The average Bonchev–Trinajstić information content (AvgIpc) is 3.63. The van der Waals surface area contributed by atoms with E-state index in [0.29, 0.717) is 56.1 Å². The lowest BCUT2D eigenvalue weighted by atomic mass is 10.0. The predicted octanol–water partition coefficient (Wildman–Crippen LogP) is 4.66. The van der Waals surface area contributed by atoms with Crippen molar-refractivity contribution in [3.63, 3.8) is 0 Å². The molecule has 304 valence electrons. The van der Waals surface area contributed by atoms with Gasteiger partial charge in [0.25, 0.3) is 23.6 Å². The molecule has 0 aliphatic carbocycles. The van der Waals surface area contributed by atoms with Gasteiger partial charge in [-0.15, -0.1) is 0 Å². The van der Waals surface area contributed by atoms with Crippen molar-refractivity contribution >= 4 is 59.2 Å². The molecule has 0 bridgehead atoms. The molecule has 2 atom stereocenters. The van der Waals surface area contributed by atoms with Crippen LogP contribution >= 0.6 is 0 Å². The van der Waals surface area contributed by atoms with Crippen molar-refractivity contribution in [1.29, 1.82) is 0 Å². The van der Waals surface area contributed by atoms with E-state index >= 15 is 0 Å². The number of amides is 9. The molecule has 4 aliphatic heterocycles. The summed E-state index contributed by atoms with van der Waals surface area (Å²) in [6, 6.07) is 7.82. The van der Waals surface area contributed by atoms with Gasteiger partial charge in [-0.2, -0.15) is 9.80 Å². The summed E-state index contributed by atoms with van der Waals surface area (Å²) in [7, 11) is 0. The fraction of sp³-hybridized carbons (Fsp3) is 0.452. The van der Waals surface area contributed by atoms with E-state index in [1.165, 1.54) is 9.80 Å². The number of imide groups is 6. The second-order valence-electron chi connectivity index (χ2n) is 16.4. The van der Waals surface area contributed by atoms with E-state index in [0.717, 1.165) is 0 Å². The number of hydrogen-bond donors (Lipinski definition) is 1. The zero-order valence-corrected chi connectivity index (χ0v) is 33.3. The number of fused-ring (bicyclic) bond motifs is 2. The van der Waals surface area contributed by atoms with Gasteiger partial charge in [-0.25, -0.2) is 9.59 Å². The van der Waals surface area contributed by atoms with Crippen molar-refractivity contribution in [2.75, 3.05) is 5.32 Å². The molecule has 58 heavy (non-hydrogen) atoms. The zero-order chi connectivity index (χ0) is 42.3. The Labute approximate surface area is 335 Å². The molecule has 0 aromatic heterocycles. The van der Waals surface area contributed by atoms with Crippen LogP contribution in [-0.4, -0.2) is 96.4 Å². The van der Waals surface area contributed by atoms with E-state index in [2.05, 4.69) is 17.2 Å². The molecule has 16 heteroatoms. The maximum atomic E-state index is 13.5. The van der Waals surface area contributed by atoms with Gasteiger partial charge in [0.1, 0.15) is 23.3 Å². The van der Waals surface area contributed by atoms with Crippen LogP contribution in [0.3, 0.4) is 0 Å². The third-order valence-corrected chi connectivity index (χ3v) is 9.87. The van der Waals surface area contributed by atoms with Crippen LogP contribution in [0, 0.1) is 11.8 Å². The number of carbonyl (C=O) groups is 9. The van der Waals surface area contributed by atoms with Crippen LogP contribution in [0.1, 0.15) is 124 Å². The number of rotatable bonds is 6. The number of unbranched alkanes of at least 4 members (excludes halogenated alkanes) is 1. The number of likely N-dealkylation sites (tertiary alicyclic amines) is 2. The topological polar surface area (TPSA) is 197 Å². The summed E-state index contributed by atoms with van der Waals surface area (Å²) in [5, 5.41) is 2.85. The van der Waals surface area contributed by atoms with Gasteiger partial charge >= 0.3 is 12.2 Å². The Morgan fingerprint density at radius 3 is 1.71 bits per heavy atom. The molecule has 9 amide bonds. The van der Waals surface area contributed by atoms with Crippen LogP contribution < -0.4 is 5.32 Å². The smallest absolute Gasteiger partial charge is 0.424 e. The Bertz CT molecular complexity index is 2210. The molecule has 2 fully saturated rings. The van der Waals surface area contributed by atoms with E-state index in [9.17, 15) is 43.2 Å². The number of nitrogens with zero attached hydrogens (tertiary/aromatic N) is 4. The molecule has 1 N–H and O–H groups in total. The molecule has 6 rings (SSSR count). The van der Waals surface area contributed by atoms with Crippen molar-refractivity contribution in [3.8, 4) is 11.8 Å². The molecule has 0 saturated carbocycles. The fourth-order valence-corrected chi connectivity index (χ4v) is 7.27. The standard InChI is InChI=1S/C42H45N5O11/c1-41(2,3)57-39(55)46-33(49)20-18-30(37(46)53)44-22-27-24(13-10-14-25(27)35(44)51)12-8-7-9-17-32(48)43-29-16-11-15-26-28(29)23-45(36(26)52)31-19-21-34(50)47(38(31)54)40(56)58-42(4,5)6/h10-11,13-16,30-31H,7,9,17-23H2,1-6H3,(H,43,48). The highest BCUT2D eigenvalue weighted by Gasteiger charge is 2.48. The van der Waals surface area contributed by atoms with E-state index in [1.807, 2.05) is 0 Å². The summed E-state index contributed by atoms with van der Waals surface area (Å²) in [5.41, 5.74) is 0.883. The van der Waals surface area contributed by atoms with Gasteiger partial charge < -0.3 is 24.6 Å². The third-order valence-electron chi connectivity index (χ3n) is 9.87. The Kier molecular flexibility index (Phi) is 11.3. The quantitative estimate of drug-likeness (QED) is 0.243. The van der Waals surface area contributed by atoms with E-state index in [-0.39, 0.29) is 51.1 Å². The number of anilines is 1. The van der Waals surface area contributed by atoms with Gasteiger partial charge in [0, 0.05) is 66.7 Å².